The fraction of sp³-hybridized carbons (Fsp3) is 0.333. The Balaban J connectivity index is 1.24. The molecule has 8 saturated carbocycles. The molecule has 0 aromatic heterocycles. The Morgan fingerprint density at radius 1 is 0.283 bits per heavy atom. The molecule has 4 atom stereocenters. The zero-order valence-corrected chi connectivity index (χ0v) is 34.2. The van der Waals surface area contributed by atoms with Crippen LogP contribution >= 0.6 is 0 Å². The van der Waals surface area contributed by atoms with Crippen LogP contribution in [0, 0.1) is 121 Å². The van der Waals surface area contributed by atoms with Gasteiger partial charge in [0.25, 0.3) is 0 Å². The van der Waals surface area contributed by atoms with Gasteiger partial charge < -0.3 is 0 Å². The van der Waals surface area contributed by atoms with E-state index in [1.165, 1.54) is 35.1 Å². The highest BCUT2D eigenvalue weighted by atomic mass is 14.8. The monoisotopic (exact) mass is 766 g/mol. The molecule has 8 aliphatic rings. The number of terminal acetylenes is 8. The third kappa shape index (κ3) is 5.33. The van der Waals surface area contributed by atoms with Gasteiger partial charge >= 0.3 is 0 Å². The highest BCUT2D eigenvalue weighted by Gasteiger charge is 2.75. The summed E-state index contributed by atoms with van der Waals surface area (Å²) in [5, 5.41) is 0. The van der Waals surface area contributed by atoms with Gasteiger partial charge in [-0.1, -0.05) is 47.4 Å². The standard InChI is InChI=1S/C60H46/c1-9-41-17-42(10-2)22-51(21-41)55-29-49-30-56(35-55,52-23-43(11-3)18-44(12-4)24-52)38-59(33-49,37-55)60-34-50-31-57(39-60,53-25-45(13-5)19-46(14-6)26-53)36-58(32-50,40-60)54-27-47(15-7)20-48(16-8)28-54/h1-8,17-28,49-50H,29-40H2. The van der Waals surface area contributed by atoms with Crippen molar-refractivity contribution in [1.29, 1.82) is 0 Å². The van der Waals surface area contributed by atoms with E-state index in [2.05, 4.69) is 95.9 Å². The smallest absolute Gasteiger partial charge is 0.0257 e. The van der Waals surface area contributed by atoms with Crippen molar-refractivity contribution in [3.63, 3.8) is 0 Å². The summed E-state index contributed by atoms with van der Waals surface area (Å²) < 4.78 is 0. The molecule has 60 heavy (non-hydrogen) atoms. The predicted molar refractivity (Wildman–Crippen MR) is 243 cm³/mol. The molecule has 4 aromatic rings. The molecule has 4 unspecified atom stereocenters. The molecule has 12 rings (SSSR count). The fourth-order valence-electron chi connectivity index (χ4n) is 15.7. The third-order valence-electron chi connectivity index (χ3n) is 16.8. The molecule has 0 heterocycles. The summed E-state index contributed by atoms with van der Waals surface area (Å²) in [5.41, 5.74) is 11.2. The minimum Gasteiger partial charge on any atom is -0.115 e. The van der Waals surface area contributed by atoms with Crippen molar-refractivity contribution in [2.75, 3.05) is 0 Å². The summed E-state index contributed by atoms with van der Waals surface area (Å²) in [6, 6.07) is 26.0. The second-order valence-electron chi connectivity index (χ2n) is 20.1. The van der Waals surface area contributed by atoms with Gasteiger partial charge in [-0.2, -0.15) is 0 Å². The van der Waals surface area contributed by atoms with Gasteiger partial charge in [0.2, 0.25) is 0 Å². The van der Waals surface area contributed by atoms with Crippen LogP contribution in [0.4, 0.5) is 0 Å². The molecule has 0 heteroatoms. The highest BCUT2D eigenvalue weighted by Crippen LogP contribution is 2.82. The van der Waals surface area contributed by atoms with E-state index in [9.17, 15) is 0 Å². The Bertz CT molecular complexity index is 2410. The second kappa shape index (κ2) is 12.9. The van der Waals surface area contributed by atoms with E-state index in [4.69, 9.17) is 51.4 Å². The van der Waals surface area contributed by atoms with E-state index < -0.39 is 0 Å². The van der Waals surface area contributed by atoms with Gasteiger partial charge in [-0.05, 0) is 216 Å². The minimum absolute atomic E-state index is 0.0231. The Morgan fingerprint density at radius 2 is 0.483 bits per heavy atom. The first-order valence-corrected chi connectivity index (χ1v) is 21.3. The second-order valence-corrected chi connectivity index (χ2v) is 20.1. The van der Waals surface area contributed by atoms with Crippen molar-refractivity contribution in [1.82, 2.24) is 0 Å². The Morgan fingerprint density at radius 3 is 0.667 bits per heavy atom. The van der Waals surface area contributed by atoms with Crippen LogP contribution in [0.2, 0.25) is 0 Å². The topological polar surface area (TPSA) is 0 Å². The van der Waals surface area contributed by atoms with Gasteiger partial charge in [0.15, 0.2) is 0 Å². The molecule has 0 amide bonds. The molecule has 0 aliphatic heterocycles. The van der Waals surface area contributed by atoms with Crippen LogP contribution in [-0.4, -0.2) is 0 Å². The lowest BCUT2D eigenvalue weighted by molar-refractivity contribution is -0.224. The Kier molecular flexibility index (Phi) is 8.11. The van der Waals surface area contributed by atoms with Crippen LogP contribution in [0.5, 0.6) is 0 Å². The first-order chi connectivity index (χ1) is 28.9. The van der Waals surface area contributed by atoms with E-state index in [0.717, 1.165) is 109 Å². The molecule has 8 fully saturated rings. The van der Waals surface area contributed by atoms with Crippen molar-refractivity contribution < 1.29 is 0 Å². The van der Waals surface area contributed by atoms with Crippen molar-refractivity contribution in [2.45, 2.75) is 98.7 Å². The summed E-state index contributed by atoms with van der Waals surface area (Å²) in [6.07, 6.45) is 62.4. The lowest BCUT2D eigenvalue weighted by Crippen LogP contribution is -2.70. The molecule has 0 saturated heterocycles. The maximum absolute atomic E-state index is 6.16. The van der Waals surface area contributed by atoms with Crippen LogP contribution in [0.3, 0.4) is 0 Å². The normalized spacial score (nSPS) is 33.5. The SMILES string of the molecule is C#Cc1cc(C#C)cc(C23CC4CC(c5cc(C#C)cc(C#C)c5)(C2)CC(C25CC6CC(c7cc(C#C)cc(C#C)c7)(CC(c7cc(C#C)cc(C#C)c7)(C6)C2)C5)(C4)C3)c1. The minimum atomic E-state index is -0.149. The molecule has 0 radical (unpaired) electrons. The van der Waals surface area contributed by atoms with Gasteiger partial charge in [-0.25, -0.2) is 0 Å². The summed E-state index contributed by atoms with van der Waals surface area (Å²) in [4.78, 5) is 0. The average Bonchev–Trinajstić information content (AvgIpc) is 3.27. The maximum Gasteiger partial charge on any atom is 0.0257 e. The van der Waals surface area contributed by atoms with Gasteiger partial charge in [-0.3, -0.25) is 0 Å². The molecular formula is C60H46. The first-order valence-electron chi connectivity index (χ1n) is 21.3. The average molecular weight is 767 g/mol. The van der Waals surface area contributed by atoms with Crippen LogP contribution < -0.4 is 0 Å². The molecule has 8 bridgehead atoms. The van der Waals surface area contributed by atoms with Gasteiger partial charge in [0, 0.05) is 44.5 Å². The third-order valence-corrected chi connectivity index (χ3v) is 16.8. The van der Waals surface area contributed by atoms with E-state index in [-0.39, 0.29) is 32.5 Å². The lowest BCUT2D eigenvalue weighted by atomic mass is 9.26. The zero-order valence-electron chi connectivity index (χ0n) is 34.2. The Hall–Kier alpha value is -6.64. The van der Waals surface area contributed by atoms with Crippen LogP contribution in [0.15, 0.2) is 72.8 Å². The van der Waals surface area contributed by atoms with Gasteiger partial charge in [0.05, 0.1) is 0 Å². The molecule has 0 spiro atoms. The summed E-state index contributed by atoms with van der Waals surface area (Å²) in [5.74, 6) is 24.6. The van der Waals surface area contributed by atoms with Gasteiger partial charge in [0.1, 0.15) is 0 Å². The zero-order chi connectivity index (χ0) is 41.7. The first kappa shape index (κ1) is 37.6. The van der Waals surface area contributed by atoms with E-state index in [1.807, 2.05) is 24.3 Å². The van der Waals surface area contributed by atoms with Crippen LogP contribution in [0.1, 0.15) is 144 Å². The molecule has 286 valence electrons. The van der Waals surface area contributed by atoms with Crippen molar-refractivity contribution in [2.24, 2.45) is 22.7 Å². The van der Waals surface area contributed by atoms with E-state index >= 15 is 0 Å². The summed E-state index contributed by atoms with van der Waals surface area (Å²) in [7, 11) is 0. The van der Waals surface area contributed by atoms with Crippen molar-refractivity contribution in [3.05, 3.63) is 140 Å². The lowest BCUT2D eigenvalue weighted by Gasteiger charge is -2.77. The van der Waals surface area contributed by atoms with Gasteiger partial charge in [-0.15, -0.1) is 51.4 Å². The number of hydrogen-bond acceptors (Lipinski definition) is 0. The fourth-order valence-corrected chi connectivity index (χ4v) is 15.7. The quantitative estimate of drug-likeness (QED) is 0.178. The number of benzene rings is 4. The maximum atomic E-state index is 6.16. The largest absolute Gasteiger partial charge is 0.115 e. The number of rotatable bonds is 5. The molecule has 8 aliphatic carbocycles. The molecule has 4 aromatic carbocycles. The molecular weight excluding hydrogens is 721 g/mol. The summed E-state index contributed by atoms with van der Waals surface area (Å²) in [6.45, 7) is 0. The Labute approximate surface area is 358 Å². The van der Waals surface area contributed by atoms with E-state index in [1.54, 1.807) is 0 Å². The van der Waals surface area contributed by atoms with Crippen molar-refractivity contribution in [3.8, 4) is 98.8 Å². The predicted octanol–water partition coefficient (Wildman–Crippen LogP) is 10.6. The van der Waals surface area contributed by atoms with E-state index in [0.29, 0.717) is 11.8 Å². The highest BCUT2D eigenvalue weighted by molar-refractivity contribution is 5.55. The van der Waals surface area contributed by atoms with Crippen LogP contribution in [-0.2, 0) is 21.7 Å². The van der Waals surface area contributed by atoms with Crippen molar-refractivity contribution >= 4 is 0 Å². The summed E-state index contributed by atoms with van der Waals surface area (Å²) >= 11 is 0. The molecule has 0 nitrogen and oxygen atoms in total. The van der Waals surface area contributed by atoms with Crippen LogP contribution in [0.25, 0.3) is 0 Å². The number of hydrogen-bond donors (Lipinski definition) is 0. The molecule has 0 N–H and O–H groups in total.